The van der Waals surface area contributed by atoms with Crippen molar-refractivity contribution < 1.29 is 9.53 Å². The number of esters is 1. The number of aromatic nitrogens is 2. The van der Waals surface area contributed by atoms with Gasteiger partial charge in [0.2, 0.25) is 5.82 Å². The second-order valence-electron chi connectivity index (χ2n) is 3.40. The highest BCUT2D eigenvalue weighted by molar-refractivity contribution is 5.85. The maximum atomic E-state index is 11.0. The van der Waals surface area contributed by atoms with E-state index in [2.05, 4.69) is 14.7 Å². The van der Waals surface area contributed by atoms with E-state index in [0.29, 0.717) is 5.82 Å². The van der Waals surface area contributed by atoms with Gasteiger partial charge in [0.1, 0.15) is 0 Å². The molecule has 70 valence electrons. The number of hydrogen-bond donors (Lipinski definition) is 1. The molecule has 0 spiro atoms. The molecule has 2 rings (SSSR count). The van der Waals surface area contributed by atoms with Crippen molar-refractivity contribution in [2.24, 2.45) is 5.92 Å². The van der Waals surface area contributed by atoms with E-state index in [4.69, 9.17) is 0 Å². The van der Waals surface area contributed by atoms with Crippen molar-refractivity contribution in [3.05, 3.63) is 17.7 Å². The fourth-order valence-corrected chi connectivity index (χ4v) is 1.30. The van der Waals surface area contributed by atoms with Crippen LogP contribution in [0.5, 0.6) is 0 Å². The van der Waals surface area contributed by atoms with Gasteiger partial charge in [-0.3, -0.25) is 0 Å². The minimum Gasteiger partial charge on any atom is -0.463 e. The number of rotatable bonds is 3. The highest BCUT2D eigenvalue weighted by atomic mass is 16.5. The van der Waals surface area contributed by atoms with Crippen LogP contribution in [0.15, 0.2) is 6.20 Å². The molecule has 0 atom stereocenters. The van der Waals surface area contributed by atoms with Crippen LogP contribution in [0, 0.1) is 5.92 Å². The number of nitrogens with zero attached hydrogens (tertiary/aromatic N) is 1. The van der Waals surface area contributed by atoms with Crippen LogP contribution >= 0.6 is 0 Å². The average Bonchev–Trinajstić information content (AvgIpc) is 2.81. The molecule has 1 N–H and O–H groups in total. The Balaban J connectivity index is 2.03. The van der Waals surface area contributed by atoms with Gasteiger partial charge >= 0.3 is 5.97 Å². The first-order chi connectivity index (χ1) is 6.29. The van der Waals surface area contributed by atoms with E-state index in [0.717, 1.165) is 18.0 Å². The molecule has 1 heterocycles. The van der Waals surface area contributed by atoms with Gasteiger partial charge in [-0.2, -0.15) is 0 Å². The summed E-state index contributed by atoms with van der Waals surface area (Å²) >= 11 is 0. The minimum atomic E-state index is -0.401. The predicted molar refractivity (Wildman–Crippen MR) is 46.4 cm³/mol. The number of methoxy groups -OCH3 is 1. The summed E-state index contributed by atoms with van der Waals surface area (Å²) in [6.45, 7) is 0. The van der Waals surface area contributed by atoms with Crippen LogP contribution in [0.1, 0.15) is 29.2 Å². The molecular formula is C9H12N2O2. The molecule has 0 bridgehead atoms. The zero-order valence-corrected chi connectivity index (χ0v) is 7.54. The summed E-state index contributed by atoms with van der Waals surface area (Å²) in [4.78, 5) is 17.9. The Kier molecular flexibility index (Phi) is 2.04. The normalized spacial score (nSPS) is 15.8. The van der Waals surface area contributed by atoms with Crippen molar-refractivity contribution in [1.82, 2.24) is 9.97 Å². The van der Waals surface area contributed by atoms with Gasteiger partial charge in [0.05, 0.1) is 7.11 Å². The Labute approximate surface area is 76.3 Å². The molecule has 0 unspecified atom stereocenters. The van der Waals surface area contributed by atoms with Crippen molar-refractivity contribution in [2.45, 2.75) is 19.3 Å². The summed E-state index contributed by atoms with van der Waals surface area (Å²) in [5.74, 6) is 0.700. The number of imidazole rings is 1. The van der Waals surface area contributed by atoms with Gasteiger partial charge in [0, 0.05) is 11.9 Å². The van der Waals surface area contributed by atoms with E-state index in [9.17, 15) is 4.79 Å². The third kappa shape index (κ3) is 1.88. The van der Waals surface area contributed by atoms with Crippen molar-refractivity contribution in [3.8, 4) is 0 Å². The van der Waals surface area contributed by atoms with Crippen LogP contribution in [0.2, 0.25) is 0 Å². The Morgan fingerprint density at radius 1 is 1.77 bits per heavy atom. The molecule has 1 aliphatic rings. The molecule has 0 saturated heterocycles. The summed E-state index contributed by atoms with van der Waals surface area (Å²) < 4.78 is 4.54. The molecule has 1 aliphatic carbocycles. The second kappa shape index (κ2) is 3.20. The second-order valence-corrected chi connectivity index (χ2v) is 3.40. The van der Waals surface area contributed by atoms with Crippen LogP contribution in [-0.2, 0) is 11.2 Å². The van der Waals surface area contributed by atoms with Gasteiger partial charge in [-0.25, -0.2) is 9.78 Å². The van der Waals surface area contributed by atoms with Gasteiger partial charge in [-0.05, 0) is 25.2 Å². The molecule has 4 nitrogen and oxygen atoms in total. The monoisotopic (exact) mass is 180 g/mol. The Hall–Kier alpha value is -1.32. The van der Waals surface area contributed by atoms with E-state index < -0.39 is 5.97 Å². The summed E-state index contributed by atoms with van der Waals surface area (Å²) in [7, 11) is 1.35. The number of carbonyl (C=O) groups excluding carboxylic acids is 1. The molecular weight excluding hydrogens is 168 g/mol. The van der Waals surface area contributed by atoms with Crippen molar-refractivity contribution in [1.29, 1.82) is 0 Å². The van der Waals surface area contributed by atoms with Crippen molar-refractivity contribution >= 4 is 5.97 Å². The van der Waals surface area contributed by atoms with Gasteiger partial charge in [-0.1, -0.05) is 0 Å². The number of nitrogens with one attached hydrogen (secondary N) is 1. The molecule has 13 heavy (non-hydrogen) atoms. The van der Waals surface area contributed by atoms with Crippen LogP contribution in [0.25, 0.3) is 0 Å². The maximum Gasteiger partial charge on any atom is 0.374 e. The lowest BCUT2D eigenvalue weighted by Gasteiger charge is -1.93. The first-order valence-electron chi connectivity index (χ1n) is 4.42. The van der Waals surface area contributed by atoms with Crippen LogP contribution < -0.4 is 0 Å². The lowest BCUT2D eigenvalue weighted by atomic mass is 10.2. The number of carbonyl (C=O) groups is 1. The zero-order chi connectivity index (χ0) is 9.26. The van der Waals surface area contributed by atoms with E-state index in [1.807, 2.05) is 0 Å². The quantitative estimate of drug-likeness (QED) is 0.710. The molecule has 0 aromatic carbocycles. The minimum absolute atomic E-state index is 0.304. The average molecular weight is 180 g/mol. The summed E-state index contributed by atoms with van der Waals surface area (Å²) in [6, 6.07) is 0. The smallest absolute Gasteiger partial charge is 0.374 e. The van der Waals surface area contributed by atoms with E-state index >= 15 is 0 Å². The fourth-order valence-electron chi connectivity index (χ4n) is 1.30. The predicted octanol–water partition coefficient (Wildman–Crippen LogP) is 1.15. The fraction of sp³-hybridized carbons (Fsp3) is 0.556. The maximum absolute atomic E-state index is 11.0. The van der Waals surface area contributed by atoms with E-state index in [-0.39, 0.29) is 0 Å². The molecule has 1 saturated carbocycles. The summed E-state index contributed by atoms with van der Waals surface area (Å²) in [5.41, 5.74) is 1.03. The lowest BCUT2D eigenvalue weighted by molar-refractivity contribution is 0.0588. The van der Waals surface area contributed by atoms with Crippen LogP contribution in [0.3, 0.4) is 0 Å². The molecule has 1 fully saturated rings. The highest BCUT2D eigenvalue weighted by Gasteiger charge is 2.22. The largest absolute Gasteiger partial charge is 0.463 e. The summed E-state index contributed by atoms with van der Waals surface area (Å²) in [5, 5.41) is 0. The molecule has 4 heteroatoms. The SMILES string of the molecule is COC(=O)c1ncc(CC2CC2)[nH]1. The van der Waals surface area contributed by atoms with Gasteiger partial charge in [0.25, 0.3) is 0 Å². The zero-order valence-electron chi connectivity index (χ0n) is 7.54. The molecule has 0 aliphatic heterocycles. The van der Waals surface area contributed by atoms with Gasteiger partial charge < -0.3 is 9.72 Å². The lowest BCUT2D eigenvalue weighted by Crippen LogP contribution is -2.03. The van der Waals surface area contributed by atoms with Crippen molar-refractivity contribution in [2.75, 3.05) is 7.11 Å². The third-order valence-corrected chi connectivity index (χ3v) is 2.21. The van der Waals surface area contributed by atoms with Crippen molar-refractivity contribution in [3.63, 3.8) is 0 Å². The molecule has 0 radical (unpaired) electrons. The third-order valence-electron chi connectivity index (χ3n) is 2.21. The Morgan fingerprint density at radius 3 is 3.15 bits per heavy atom. The first kappa shape index (κ1) is 8.29. The van der Waals surface area contributed by atoms with Gasteiger partial charge in [0.15, 0.2) is 0 Å². The molecule has 0 amide bonds. The number of H-pyrrole nitrogens is 1. The number of hydrogen-bond acceptors (Lipinski definition) is 3. The Morgan fingerprint density at radius 2 is 2.54 bits per heavy atom. The highest BCUT2D eigenvalue weighted by Crippen LogP contribution is 2.31. The van der Waals surface area contributed by atoms with E-state index in [1.54, 1.807) is 6.20 Å². The van der Waals surface area contributed by atoms with Crippen LogP contribution in [0.4, 0.5) is 0 Å². The molecule has 1 aromatic rings. The summed E-state index contributed by atoms with van der Waals surface area (Å²) in [6.07, 6.45) is 5.31. The molecule has 1 aromatic heterocycles. The standard InChI is InChI=1S/C9H12N2O2/c1-13-9(12)8-10-5-7(11-8)4-6-2-3-6/h5-6H,2-4H2,1H3,(H,10,11). The Bertz CT molecular complexity index is 315. The van der Waals surface area contributed by atoms with Gasteiger partial charge in [-0.15, -0.1) is 0 Å². The topological polar surface area (TPSA) is 55.0 Å². The number of ether oxygens (including phenoxy) is 1. The van der Waals surface area contributed by atoms with Crippen LogP contribution in [-0.4, -0.2) is 23.0 Å². The first-order valence-corrected chi connectivity index (χ1v) is 4.42. The van der Waals surface area contributed by atoms with E-state index in [1.165, 1.54) is 20.0 Å². The number of aromatic amines is 1.